The zero-order valence-corrected chi connectivity index (χ0v) is 12.0. The van der Waals surface area contributed by atoms with E-state index in [1.807, 2.05) is 61.5 Å². The number of benzene rings is 2. The summed E-state index contributed by atoms with van der Waals surface area (Å²) in [5, 5.41) is 19.6. The predicted octanol–water partition coefficient (Wildman–Crippen LogP) is 4.50. The topological polar surface area (TPSA) is 62.1 Å². The van der Waals surface area contributed by atoms with Crippen molar-refractivity contribution < 1.29 is 9.52 Å². The fraction of sp³-hybridized carbons (Fsp3) is 0.0556. The van der Waals surface area contributed by atoms with E-state index in [9.17, 15) is 5.11 Å². The Labute approximate surface area is 127 Å². The number of aromatic amines is 1. The van der Waals surface area contributed by atoms with Gasteiger partial charge in [-0.3, -0.25) is 5.10 Å². The van der Waals surface area contributed by atoms with Gasteiger partial charge in [-0.25, -0.2) is 0 Å². The Bertz CT molecular complexity index is 966. The van der Waals surface area contributed by atoms with Gasteiger partial charge >= 0.3 is 0 Å². The molecule has 2 aromatic heterocycles. The van der Waals surface area contributed by atoms with Crippen LogP contribution in [0.5, 0.6) is 5.75 Å². The van der Waals surface area contributed by atoms with Crippen molar-refractivity contribution in [2.75, 3.05) is 0 Å². The molecule has 0 amide bonds. The minimum Gasteiger partial charge on any atom is -0.507 e. The van der Waals surface area contributed by atoms with Crippen LogP contribution in [0.1, 0.15) is 5.76 Å². The van der Waals surface area contributed by atoms with E-state index in [0.29, 0.717) is 11.3 Å². The van der Waals surface area contributed by atoms with Gasteiger partial charge < -0.3 is 9.52 Å². The van der Waals surface area contributed by atoms with Gasteiger partial charge in [-0.2, -0.15) is 5.10 Å². The highest BCUT2D eigenvalue weighted by Gasteiger charge is 2.13. The molecule has 0 saturated carbocycles. The van der Waals surface area contributed by atoms with E-state index in [4.69, 9.17) is 4.42 Å². The molecule has 4 rings (SSSR count). The van der Waals surface area contributed by atoms with Crippen LogP contribution in [0.4, 0.5) is 0 Å². The summed E-state index contributed by atoms with van der Waals surface area (Å²) in [7, 11) is 0. The van der Waals surface area contributed by atoms with E-state index in [1.165, 1.54) is 0 Å². The highest BCUT2D eigenvalue weighted by molar-refractivity contribution is 5.94. The average molecular weight is 290 g/mol. The minimum atomic E-state index is 0.242. The van der Waals surface area contributed by atoms with Crippen LogP contribution in [-0.4, -0.2) is 15.3 Å². The lowest BCUT2D eigenvalue weighted by Crippen LogP contribution is -1.81. The van der Waals surface area contributed by atoms with E-state index < -0.39 is 0 Å². The molecule has 2 N–H and O–H groups in total. The zero-order valence-electron chi connectivity index (χ0n) is 12.0. The molecular weight excluding hydrogens is 276 g/mol. The normalized spacial score (nSPS) is 11.1. The third-order valence-corrected chi connectivity index (χ3v) is 3.76. The number of aromatic nitrogens is 2. The smallest absolute Gasteiger partial charge is 0.152 e. The Morgan fingerprint density at radius 2 is 1.91 bits per heavy atom. The number of fused-ring (bicyclic) bond motifs is 1. The van der Waals surface area contributed by atoms with Gasteiger partial charge in [0.2, 0.25) is 0 Å². The molecule has 0 aliphatic rings. The summed E-state index contributed by atoms with van der Waals surface area (Å²) in [6.45, 7) is 1.90. The third kappa shape index (κ3) is 1.97. The SMILES string of the molecule is Cc1ccc(-c2cc(-c3ccc4ccccc4c3O)n[nH]2)o1. The van der Waals surface area contributed by atoms with Crippen LogP contribution in [0.2, 0.25) is 0 Å². The van der Waals surface area contributed by atoms with E-state index >= 15 is 0 Å². The lowest BCUT2D eigenvalue weighted by atomic mass is 10.0. The molecule has 0 saturated heterocycles. The van der Waals surface area contributed by atoms with Crippen molar-refractivity contribution in [3.05, 3.63) is 60.4 Å². The first-order chi connectivity index (χ1) is 10.7. The lowest BCUT2D eigenvalue weighted by molar-refractivity contribution is 0.483. The molecule has 0 atom stereocenters. The summed E-state index contributed by atoms with van der Waals surface area (Å²) in [5.41, 5.74) is 2.17. The van der Waals surface area contributed by atoms with E-state index in [2.05, 4.69) is 10.2 Å². The number of nitrogens with zero attached hydrogens (tertiary/aromatic N) is 1. The second kappa shape index (κ2) is 4.77. The standard InChI is InChI=1S/C18H14N2O2/c1-11-6-9-17(22-11)16-10-15(19-20-16)14-8-7-12-4-2-3-5-13(12)18(14)21/h2-10,21H,1H3,(H,19,20). The summed E-state index contributed by atoms with van der Waals surface area (Å²) in [6, 6.07) is 17.3. The number of H-pyrrole nitrogens is 1. The second-order valence-corrected chi connectivity index (χ2v) is 5.26. The maximum atomic E-state index is 10.5. The van der Waals surface area contributed by atoms with Gasteiger partial charge in [0.05, 0.1) is 5.69 Å². The van der Waals surface area contributed by atoms with Crippen molar-refractivity contribution in [2.45, 2.75) is 6.92 Å². The molecule has 0 fully saturated rings. The predicted molar refractivity (Wildman–Crippen MR) is 85.6 cm³/mol. The maximum absolute atomic E-state index is 10.5. The molecule has 0 unspecified atom stereocenters. The average Bonchev–Trinajstić information content (AvgIpc) is 3.17. The van der Waals surface area contributed by atoms with Crippen molar-refractivity contribution in [1.82, 2.24) is 10.2 Å². The number of hydrogen-bond donors (Lipinski definition) is 2. The van der Waals surface area contributed by atoms with Crippen molar-refractivity contribution >= 4 is 10.8 Å². The second-order valence-electron chi connectivity index (χ2n) is 5.26. The Hall–Kier alpha value is -3.01. The summed E-state index contributed by atoms with van der Waals surface area (Å²) in [6.07, 6.45) is 0. The Morgan fingerprint density at radius 1 is 1.05 bits per heavy atom. The molecular formula is C18H14N2O2. The highest BCUT2D eigenvalue weighted by Crippen LogP contribution is 2.36. The zero-order chi connectivity index (χ0) is 15.1. The van der Waals surface area contributed by atoms with Gasteiger partial charge in [0, 0.05) is 10.9 Å². The van der Waals surface area contributed by atoms with Crippen LogP contribution < -0.4 is 0 Å². The van der Waals surface area contributed by atoms with Crippen LogP contribution >= 0.6 is 0 Å². The molecule has 2 aromatic carbocycles. The van der Waals surface area contributed by atoms with Crippen LogP contribution in [0.25, 0.3) is 33.5 Å². The number of phenols is 1. The molecule has 0 bridgehead atoms. The molecule has 4 aromatic rings. The number of phenolic OH excluding ortho intramolecular Hbond substituents is 1. The third-order valence-electron chi connectivity index (χ3n) is 3.76. The van der Waals surface area contributed by atoms with Crippen molar-refractivity contribution in [1.29, 1.82) is 0 Å². The molecule has 108 valence electrons. The lowest BCUT2D eigenvalue weighted by Gasteiger charge is -2.05. The number of furan rings is 1. The number of nitrogens with one attached hydrogen (secondary N) is 1. The quantitative estimate of drug-likeness (QED) is 0.571. The number of rotatable bonds is 2. The number of aromatic hydroxyl groups is 1. The molecule has 4 heteroatoms. The van der Waals surface area contributed by atoms with Crippen LogP contribution in [-0.2, 0) is 0 Å². The first-order valence-corrected chi connectivity index (χ1v) is 7.06. The molecule has 0 aliphatic carbocycles. The van der Waals surface area contributed by atoms with Crippen molar-refractivity contribution in [3.8, 4) is 28.5 Å². The number of aryl methyl sites for hydroxylation is 1. The molecule has 22 heavy (non-hydrogen) atoms. The maximum Gasteiger partial charge on any atom is 0.152 e. The van der Waals surface area contributed by atoms with Gasteiger partial charge in [-0.1, -0.05) is 30.3 Å². The summed E-state index contributed by atoms with van der Waals surface area (Å²) < 4.78 is 5.59. The summed E-state index contributed by atoms with van der Waals surface area (Å²) in [4.78, 5) is 0. The Kier molecular flexibility index (Phi) is 2.76. The van der Waals surface area contributed by atoms with Crippen LogP contribution in [0.3, 0.4) is 0 Å². The fourth-order valence-corrected chi connectivity index (χ4v) is 2.63. The largest absolute Gasteiger partial charge is 0.507 e. The molecule has 0 radical (unpaired) electrons. The van der Waals surface area contributed by atoms with Gasteiger partial charge in [-0.05, 0) is 36.6 Å². The summed E-state index contributed by atoms with van der Waals surface area (Å²) in [5.74, 6) is 1.82. The summed E-state index contributed by atoms with van der Waals surface area (Å²) >= 11 is 0. The Morgan fingerprint density at radius 3 is 2.73 bits per heavy atom. The molecule has 0 spiro atoms. The van der Waals surface area contributed by atoms with Gasteiger partial charge in [0.25, 0.3) is 0 Å². The van der Waals surface area contributed by atoms with Gasteiger partial charge in [-0.15, -0.1) is 0 Å². The van der Waals surface area contributed by atoms with Gasteiger partial charge in [0.1, 0.15) is 17.2 Å². The number of hydrogen-bond acceptors (Lipinski definition) is 3. The van der Waals surface area contributed by atoms with E-state index in [-0.39, 0.29) is 5.75 Å². The van der Waals surface area contributed by atoms with Crippen molar-refractivity contribution in [2.24, 2.45) is 0 Å². The van der Waals surface area contributed by atoms with Crippen LogP contribution in [0.15, 0.2) is 59.0 Å². The fourth-order valence-electron chi connectivity index (χ4n) is 2.63. The molecule has 0 aliphatic heterocycles. The van der Waals surface area contributed by atoms with Gasteiger partial charge in [0.15, 0.2) is 5.76 Å². The van der Waals surface area contributed by atoms with Crippen LogP contribution in [0, 0.1) is 6.92 Å². The first kappa shape index (κ1) is 12.7. The molecule has 2 heterocycles. The Balaban J connectivity index is 1.82. The monoisotopic (exact) mass is 290 g/mol. The molecule has 4 nitrogen and oxygen atoms in total. The van der Waals surface area contributed by atoms with E-state index in [1.54, 1.807) is 0 Å². The van der Waals surface area contributed by atoms with Crippen molar-refractivity contribution in [3.63, 3.8) is 0 Å². The first-order valence-electron chi connectivity index (χ1n) is 7.06. The minimum absolute atomic E-state index is 0.242. The van der Waals surface area contributed by atoms with E-state index in [0.717, 1.165) is 28.0 Å². The highest BCUT2D eigenvalue weighted by atomic mass is 16.3.